The molecular formula is C40H48N4O2. The number of benzene rings is 4. The highest BCUT2D eigenvalue weighted by Gasteiger charge is 2.25. The maximum absolute atomic E-state index is 6.20. The van der Waals surface area contributed by atoms with Crippen LogP contribution in [0.5, 0.6) is 23.0 Å². The average Bonchev–Trinajstić information content (AvgIpc) is 3.11. The lowest BCUT2D eigenvalue weighted by Gasteiger charge is -2.33. The Morgan fingerprint density at radius 2 is 0.543 bits per heavy atom. The van der Waals surface area contributed by atoms with Crippen molar-refractivity contribution in [2.45, 2.75) is 102 Å². The minimum absolute atomic E-state index is 0.461. The fourth-order valence-electron chi connectivity index (χ4n) is 7.21. The van der Waals surface area contributed by atoms with Crippen molar-refractivity contribution in [3.63, 3.8) is 0 Å². The van der Waals surface area contributed by atoms with Gasteiger partial charge in [-0.05, 0) is 96.5 Å². The van der Waals surface area contributed by atoms with E-state index in [1.807, 2.05) is 0 Å². The van der Waals surface area contributed by atoms with Crippen LogP contribution in [0.25, 0.3) is 0 Å². The monoisotopic (exact) mass is 616 g/mol. The van der Waals surface area contributed by atoms with Crippen molar-refractivity contribution < 1.29 is 9.47 Å². The zero-order chi connectivity index (χ0) is 31.0. The molecule has 46 heavy (non-hydrogen) atoms. The van der Waals surface area contributed by atoms with Crippen molar-refractivity contribution in [1.29, 1.82) is 0 Å². The molecule has 2 fully saturated rings. The summed E-state index contributed by atoms with van der Waals surface area (Å²) in [5.41, 5.74) is 5.11. The van der Waals surface area contributed by atoms with Crippen LogP contribution in [-0.2, 0) is 26.2 Å². The molecule has 8 bridgehead atoms. The van der Waals surface area contributed by atoms with Crippen LogP contribution >= 0.6 is 0 Å². The Bertz CT molecular complexity index is 1270. The molecule has 2 aliphatic carbocycles. The minimum atomic E-state index is 0.461. The molecule has 0 aromatic heterocycles. The Kier molecular flexibility index (Phi) is 10.3. The van der Waals surface area contributed by atoms with Crippen LogP contribution < -0.4 is 30.7 Å². The van der Waals surface area contributed by atoms with E-state index in [0.717, 1.165) is 49.2 Å². The van der Waals surface area contributed by atoms with Crippen molar-refractivity contribution in [3.05, 3.63) is 119 Å². The van der Waals surface area contributed by atoms with Crippen LogP contribution in [0.2, 0.25) is 0 Å². The largest absolute Gasteiger partial charge is 0.457 e. The Hall–Kier alpha value is -3.68. The van der Waals surface area contributed by atoms with Gasteiger partial charge in [-0.2, -0.15) is 0 Å². The summed E-state index contributed by atoms with van der Waals surface area (Å²) in [7, 11) is 0. The smallest absolute Gasteiger partial charge is 0.127 e. The van der Waals surface area contributed by atoms with Gasteiger partial charge in [0, 0.05) is 50.3 Å². The van der Waals surface area contributed by atoms with E-state index in [-0.39, 0.29) is 0 Å². The summed E-state index contributed by atoms with van der Waals surface area (Å²) >= 11 is 0. The van der Waals surface area contributed by atoms with Gasteiger partial charge in [0.1, 0.15) is 23.0 Å². The molecule has 2 saturated carbocycles. The highest BCUT2D eigenvalue weighted by atomic mass is 16.5. The van der Waals surface area contributed by atoms with E-state index < -0.39 is 0 Å². The van der Waals surface area contributed by atoms with E-state index in [4.69, 9.17) is 9.47 Å². The van der Waals surface area contributed by atoms with E-state index in [2.05, 4.69) is 118 Å². The van der Waals surface area contributed by atoms with Gasteiger partial charge in [0.25, 0.3) is 0 Å². The molecule has 0 amide bonds. The van der Waals surface area contributed by atoms with Crippen LogP contribution in [-0.4, -0.2) is 24.2 Å². The summed E-state index contributed by atoms with van der Waals surface area (Å²) < 4.78 is 12.4. The van der Waals surface area contributed by atoms with Gasteiger partial charge in [-0.15, -0.1) is 0 Å². The first-order chi connectivity index (χ1) is 22.7. The highest BCUT2D eigenvalue weighted by molar-refractivity contribution is 5.36. The van der Waals surface area contributed by atoms with E-state index >= 15 is 0 Å². The molecule has 10 aliphatic heterocycles. The van der Waals surface area contributed by atoms with Crippen LogP contribution in [0.15, 0.2) is 97.1 Å². The summed E-state index contributed by atoms with van der Waals surface area (Å²) in [6.07, 6.45) is 9.93. The summed E-state index contributed by atoms with van der Waals surface area (Å²) in [5, 5.41) is 15.4. The number of nitrogens with one attached hydrogen (secondary N) is 4. The summed E-state index contributed by atoms with van der Waals surface area (Å²) in [6.45, 7) is 3.43. The maximum atomic E-state index is 6.20. The van der Waals surface area contributed by atoms with Gasteiger partial charge in [-0.1, -0.05) is 74.2 Å². The normalized spacial score (nSPS) is 24.3. The van der Waals surface area contributed by atoms with Gasteiger partial charge in [0.15, 0.2) is 0 Å². The predicted molar refractivity (Wildman–Crippen MR) is 185 cm³/mol. The van der Waals surface area contributed by atoms with Crippen LogP contribution in [0.1, 0.15) is 73.6 Å². The fourth-order valence-corrected chi connectivity index (χ4v) is 7.21. The molecule has 0 radical (unpaired) electrons. The number of ether oxygens (including phenoxy) is 2. The van der Waals surface area contributed by atoms with Gasteiger partial charge < -0.3 is 30.7 Å². The number of hydrogen-bond donors (Lipinski definition) is 4. The topological polar surface area (TPSA) is 66.6 Å². The molecule has 4 N–H and O–H groups in total. The van der Waals surface area contributed by atoms with Crippen molar-refractivity contribution >= 4 is 0 Å². The highest BCUT2D eigenvalue weighted by Crippen LogP contribution is 2.26. The Morgan fingerprint density at radius 1 is 0.326 bits per heavy atom. The standard InChI is InChI=1S/C40H48N4O2/c1-2-6-38-37(5-1)41-25-29-9-17-33(18-10-29)45-35-21-13-31(14-22-35)27-43-39-7-3-4-8-40(39)44-28-32-15-23-36(24-16-32)46-34-19-11-30(12-20-34)26-42-38/h9-24,37-44H,1-8,25-28H2/t37-,38-,39+,40+. The molecule has 0 spiro atoms. The quantitative estimate of drug-likeness (QED) is 0.161. The lowest BCUT2D eigenvalue weighted by atomic mass is 9.90. The summed E-state index contributed by atoms with van der Waals surface area (Å²) in [4.78, 5) is 0. The van der Waals surface area contributed by atoms with Gasteiger partial charge in [-0.3, -0.25) is 0 Å². The first kappa shape index (κ1) is 30.9. The molecule has 12 aliphatic rings. The SMILES string of the molecule is c1cc2ccc1CN[C@H]1CCCC[C@@H]1NCc1ccc(cc1)Oc1ccc(cc1)CN[C@@H]1CCCC[C@H]1NCc1ccc(cc1)O2. The summed E-state index contributed by atoms with van der Waals surface area (Å²) in [6, 6.07) is 35.9. The van der Waals surface area contributed by atoms with E-state index in [1.165, 1.54) is 73.6 Å². The van der Waals surface area contributed by atoms with Gasteiger partial charge >= 0.3 is 0 Å². The van der Waals surface area contributed by atoms with Gasteiger partial charge in [0.05, 0.1) is 0 Å². The van der Waals surface area contributed by atoms with Gasteiger partial charge in [-0.25, -0.2) is 0 Å². The first-order valence-electron chi connectivity index (χ1n) is 17.4. The van der Waals surface area contributed by atoms with E-state index in [9.17, 15) is 0 Å². The zero-order valence-electron chi connectivity index (χ0n) is 26.8. The third-order valence-electron chi connectivity index (χ3n) is 9.97. The molecule has 0 saturated heterocycles. The number of hydrogen-bond acceptors (Lipinski definition) is 6. The molecule has 0 unspecified atom stereocenters. The van der Waals surface area contributed by atoms with Crippen molar-refractivity contribution in [2.75, 3.05) is 0 Å². The Morgan fingerprint density at radius 3 is 0.761 bits per heavy atom. The molecular weight excluding hydrogens is 568 g/mol. The molecule has 240 valence electrons. The lowest BCUT2D eigenvalue weighted by molar-refractivity contribution is 0.281. The third-order valence-corrected chi connectivity index (χ3v) is 9.97. The minimum Gasteiger partial charge on any atom is -0.457 e. The van der Waals surface area contributed by atoms with Crippen LogP contribution in [0.4, 0.5) is 0 Å². The Balaban J connectivity index is 1.06. The van der Waals surface area contributed by atoms with E-state index in [1.54, 1.807) is 0 Å². The molecule has 4 atom stereocenters. The molecule has 4 aromatic rings. The predicted octanol–water partition coefficient (Wildman–Crippen LogP) is 7.97. The third kappa shape index (κ3) is 8.37. The molecule has 4 aromatic carbocycles. The Labute approximate surface area is 274 Å². The average molecular weight is 617 g/mol. The van der Waals surface area contributed by atoms with Crippen molar-refractivity contribution in [3.8, 4) is 23.0 Å². The first-order valence-corrected chi connectivity index (χ1v) is 17.4. The second kappa shape index (κ2) is 15.3. The second-order valence-electron chi connectivity index (χ2n) is 13.3. The van der Waals surface area contributed by atoms with Crippen LogP contribution in [0.3, 0.4) is 0 Å². The van der Waals surface area contributed by atoms with Crippen LogP contribution in [0, 0.1) is 0 Å². The molecule has 6 nitrogen and oxygen atoms in total. The van der Waals surface area contributed by atoms with Crippen molar-refractivity contribution in [2.24, 2.45) is 0 Å². The van der Waals surface area contributed by atoms with Crippen molar-refractivity contribution in [1.82, 2.24) is 21.3 Å². The second-order valence-corrected chi connectivity index (χ2v) is 13.3. The molecule has 10 heterocycles. The fraction of sp³-hybridized carbons (Fsp3) is 0.400. The lowest BCUT2D eigenvalue weighted by Crippen LogP contribution is -2.49. The molecule has 6 heteroatoms. The van der Waals surface area contributed by atoms with Gasteiger partial charge in [0.2, 0.25) is 0 Å². The molecule has 16 rings (SSSR count). The zero-order valence-corrected chi connectivity index (χ0v) is 26.8. The van der Waals surface area contributed by atoms with E-state index in [0.29, 0.717) is 24.2 Å². The number of rotatable bonds is 0. The maximum Gasteiger partial charge on any atom is 0.127 e. The summed E-state index contributed by atoms with van der Waals surface area (Å²) in [5.74, 6) is 3.48.